The average molecular weight is 996 g/mol. The summed E-state index contributed by atoms with van der Waals surface area (Å²) in [6.07, 6.45) is -5.28. The Morgan fingerprint density at radius 1 is 0.557 bits per heavy atom. The molecule has 1 rings (SSSR count). The Labute approximate surface area is 400 Å². The number of carboxylic acids is 3. The molecule has 0 spiro atoms. The highest BCUT2D eigenvalue weighted by molar-refractivity contribution is 5.99. The van der Waals surface area contributed by atoms with Gasteiger partial charge in [0.25, 0.3) is 5.69 Å². The smallest absolute Gasteiger partial charge is 0.334 e. The molecule has 0 bridgehead atoms. The van der Waals surface area contributed by atoms with E-state index in [-0.39, 0.29) is 17.9 Å². The molecular weight excluding hydrogens is 935 g/mol. The van der Waals surface area contributed by atoms with Gasteiger partial charge in [-0.05, 0) is 50.7 Å². The van der Waals surface area contributed by atoms with Crippen molar-refractivity contribution in [1.82, 2.24) is 42.5 Å². The van der Waals surface area contributed by atoms with E-state index in [4.69, 9.17) is 9.84 Å². The van der Waals surface area contributed by atoms with Crippen molar-refractivity contribution in [3.05, 3.63) is 34.4 Å². The predicted octanol–water partition coefficient (Wildman–Crippen LogP) is -2.66. The highest BCUT2D eigenvalue weighted by Crippen LogP contribution is 2.18. The Morgan fingerprint density at radius 3 is 1.40 bits per heavy atom. The number of carbonyl (C=O) groups excluding carboxylic acids is 9. The van der Waals surface area contributed by atoms with E-state index in [0.717, 1.165) is 26.0 Å². The lowest BCUT2D eigenvalue weighted by Gasteiger charge is -2.29. The van der Waals surface area contributed by atoms with E-state index in [9.17, 15) is 83.0 Å². The lowest BCUT2D eigenvalue weighted by atomic mass is 9.99. The van der Waals surface area contributed by atoms with Crippen LogP contribution in [0.25, 0.3) is 0 Å². The molecule has 8 amide bonds. The number of nitrogens with one attached hydrogen (secondary N) is 8. The van der Waals surface area contributed by atoms with Crippen LogP contribution in [0.15, 0.2) is 24.3 Å². The van der Waals surface area contributed by atoms with Crippen LogP contribution in [0.3, 0.4) is 0 Å². The number of carboxylic acid groups (broad SMARTS) is 3. The van der Waals surface area contributed by atoms with Crippen LogP contribution in [0.2, 0.25) is 0 Å². The molecule has 28 heteroatoms. The molecule has 388 valence electrons. The third-order valence-electron chi connectivity index (χ3n) is 9.95. The first-order chi connectivity index (χ1) is 32.5. The predicted molar refractivity (Wildman–Crippen MR) is 239 cm³/mol. The zero-order valence-electron chi connectivity index (χ0n) is 39.6. The first kappa shape index (κ1) is 60.2. The Hall–Kier alpha value is -7.78. The Bertz CT molecular complexity index is 2100. The second-order valence-electron chi connectivity index (χ2n) is 16.6. The molecule has 9 atom stereocenters. The number of hydrogen-bond acceptors (Lipinski definition) is 16. The number of nitro benzene ring substituents is 1. The minimum absolute atomic E-state index is 0.0345. The van der Waals surface area contributed by atoms with Crippen molar-refractivity contribution < 1.29 is 87.6 Å². The molecule has 28 nitrogen and oxygen atoms in total. The topological polar surface area (TPSA) is 434 Å². The highest BCUT2D eigenvalue weighted by Gasteiger charge is 2.37. The van der Waals surface area contributed by atoms with Crippen molar-refractivity contribution in [2.24, 2.45) is 11.8 Å². The minimum atomic E-state index is -2.01. The number of nitrogens with zero attached hydrogens (tertiary/aromatic N) is 1. The Morgan fingerprint density at radius 2 is 0.971 bits per heavy atom. The minimum Gasteiger partial charge on any atom is -0.481 e. The maximum atomic E-state index is 13.7. The van der Waals surface area contributed by atoms with Crippen molar-refractivity contribution in [1.29, 1.82) is 0 Å². The number of aliphatic hydroxyl groups excluding tert-OH is 1. The van der Waals surface area contributed by atoms with E-state index in [1.807, 2.05) is 5.32 Å². The van der Waals surface area contributed by atoms with Crippen molar-refractivity contribution in [3.8, 4) is 5.75 Å². The van der Waals surface area contributed by atoms with Crippen LogP contribution < -0.4 is 47.3 Å². The fourth-order valence-electron chi connectivity index (χ4n) is 6.13. The van der Waals surface area contributed by atoms with Gasteiger partial charge in [0, 0.05) is 25.5 Å². The second kappa shape index (κ2) is 28.5. The van der Waals surface area contributed by atoms with Gasteiger partial charge in [-0.15, -0.1) is 0 Å². The number of rotatable bonds is 29. The van der Waals surface area contributed by atoms with Gasteiger partial charge in [-0.25, -0.2) is 4.79 Å². The van der Waals surface area contributed by atoms with E-state index < -0.39 is 168 Å². The molecule has 0 heterocycles. The molecule has 0 aliphatic rings. The number of aliphatic carboxylic acids is 3. The molecule has 70 heavy (non-hydrogen) atoms. The zero-order chi connectivity index (χ0) is 53.7. The molecule has 0 aliphatic heterocycles. The summed E-state index contributed by atoms with van der Waals surface area (Å²) in [4.78, 5) is 163. The fraction of sp³-hybridized carbons (Fsp3) is 0.571. The number of esters is 1. The highest BCUT2D eigenvalue weighted by atomic mass is 16.6. The van der Waals surface area contributed by atoms with Crippen LogP contribution in [-0.4, -0.2) is 151 Å². The summed E-state index contributed by atoms with van der Waals surface area (Å²) >= 11 is 0. The van der Waals surface area contributed by atoms with Gasteiger partial charge in [-0.2, -0.15) is 0 Å². The van der Waals surface area contributed by atoms with Gasteiger partial charge in [-0.1, -0.05) is 34.6 Å². The fourth-order valence-corrected chi connectivity index (χ4v) is 6.13. The van der Waals surface area contributed by atoms with Crippen LogP contribution in [0.1, 0.15) is 87.5 Å². The van der Waals surface area contributed by atoms with Gasteiger partial charge in [0.2, 0.25) is 47.3 Å². The summed E-state index contributed by atoms with van der Waals surface area (Å²) in [7, 11) is 0. The third-order valence-corrected chi connectivity index (χ3v) is 9.95. The summed E-state index contributed by atoms with van der Waals surface area (Å²) in [5, 5.41) is 67.4. The number of non-ortho nitro benzene ring substituents is 1. The van der Waals surface area contributed by atoms with Crippen molar-refractivity contribution >= 4 is 76.8 Å². The number of benzene rings is 1. The van der Waals surface area contributed by atoms with Crippen LogP contribution in [-0.2, 0) is 57.5 Å². The molecule has 12 N–H and O–H groups in total. The first-order valence-electron chi connectivity index (χ1n) is 21.7. The molecule has 1 aromatic rings. The quantitative estimate of drug-likeness (QED) is 0.0169. The SMILES string of the molecule is CC[C@H](NC(=O)[C@H](C)NC(=O)[C@@H](NC(=O)[C@@H](NC(=O)[C@H](CC(=O)O)NC(=O)[C@H](CCC(=O)O)NC(=O)[C@@H](NC(=O)[C@H](CC(=O)O)NC(C)=O)[C@@H](C)O)C(C)C)C(C)C)C(=O)Oc1ccc([N+](=O)[O-])cc1. The molecule has 0 aliphatic carbocycles. The van der Waals surface area contributed by atoms with E-state index in [0.29, 0.717) is 0 Å². The molecular formula is C42H61N9O19. The van der Waals surface area contributed by atoms with Crippen molar-refractivity contribution in [3.63, 3.8) is 0 Å². The van der Waals surface area contributed by atoms with E-state index >= 15 is 0 Å². The van der Waals surface area contributed by atoms with Gasteiger partial charge < -0.3 is 67.7 Å². The van der Waals surface area contributed by atoms with Crippen molar-refractivity contribution in [2.75, 3.05) is 0 Å². The number of aliphatic hydroxyl groups is 1. The normalized spacial score (nSPS) is 14.8. The van der Waals surface area contributed by atoms with Crippen LogP contribution in [0, 0.1) is 22.0 Å². The molecule has 1 aromatic carbocycles. The first-order valence-corrected chi connectivity index (χ1v) is 21.7. The van der Waals surface area contributed by atoms with Crippen LogP contribution >= 0.6 is 0 Å². The second-order valence-corrected chi connectivity index (χ2v) is 16.6. The molecule has 0 saturated carbocycles. The number of ether oxygens (including phenoxy) is 1. The summed E-state index contributed by atoms with van der Waals surface area (Å²) < 4.78 is 5.22. The molecule has 0 fully saturated rings. The van der Waals surface area contributed by atoms with Crippen LogP contribution in [0.4, 0.5) is 5.69 Å². The summed E-state index contributed by atoms with van der Waals surface area (Å²) in [5.74, 6) is -15.7. The lowest BCUT2D eigenvalue weighted by molar-refractivity contribution is -0.384. The monoisotopic (exact) mass is 995 g/mol. The molecule has 0 aromatic heterocycles. The van der Waals surface area contributed by atoms with E-state index in [2.05, 4.69) is 37.2 Å². The number of carbonyl (C=O) groups is 12. The zero-order valence-corrected chi connectivity index (χ0v) is 39.6. The van der Waals surface area contributed by atoms with Gasteiger partial charge >= 0.3 is 23.9 Å². The average Bonchev–Trinajstić information content (AvgIpc) is 3.25. The summed E-state index contributed by atoms with van der Waals surface area (Å²) in [6, 6.07) is -8.38. The van der Waals surface area contributed by atoms with Gasteiger partial charge in [-0.3, -0.25) is 62.9 Å². The summed E-state index contributed by atoms with van der Waals surface area (Å²) in [6.45, 7) is 10.8. The molecule has 0 saturated heterocycles. The Kier molecular flexibility index (Phi) is 24.5. The van der Waals surface area contributed by atoms with E-state index in [1.165, 1.54) is 46.8 Å². The molecule has 0 unspecified atom stereocenters. The van der Waals surface area contributed by atoms with E-state index in [1.54, 1.807) is 6.92 Å². The lowest BCUT2D eigenvalue weighted by Crippen LogP contribution is -2.62. The largest absolute Gasteiger partial charge is 0.481 e. The maximum Gasteiger partial charge on any atom is 0.334 e. The number of nitro groups is 1. The summed E-state index contributed by atoms with van der Waals surface area (Å²) in [5.41, 5.74) is -0.250. The number of hydrogen-bond donors (Lipinski definition) is 12. The Balaban J connectivity index is 3.23. The number of amides is 8. The van der Waals surface area contributed by atoms with Gasteiger partial charge in [0.05, 0.1) is 23.9 Å². The molecule has 0 radical (unpaired) electrons. The third kappa shape index (κ3) is 20.6. The van der Waals surface area contributed by atoms with Gasteiger partial charge in [0.15, 0.2) is 0 Å². The van der Waals surface area contributed by atoms with Crippen molar-refractivity contribution in [2.45, 2.75) is 142 Å². The maximum absolute atomic E-state index is 13.7. The standard InChI is InChI=1S/C42H61N9O19/c1-9-25(42(67)70-24-12-10-23(11-13-24)51(68)69)45-35(60)20(6)43-39(64)32(18(2)3)49-40(65)33(19(4)5)48-38(63)28(17-31(58)59)47-36(61)26(14-15-29(54)55)46-41(66)34(21(7)52)50-37(62)27(16-30(56)57)44-22(8)53/h10-13,18-21,25-28,32-34,52H,9,14-17H2,1-8H3,(H,43,64)(H,44,53)(H,45,60)(H,46,66)(H,47,61)(H,48,63)(H,49,65)(H,50,62)(H,54,55)(H,56,57)(H,58,59)/t20-,21+,25-,26-,27-,28-,32-,33-,34-/m0/s1. The van der Waals surface area contributed by atoms with Crippen LogP contribution in [0.5, 0.6) is 5.75 Å². The van der Waals surface area contributed by atoms with Gasteiger partial charge in [0.1, 0.15) is 54.1 Å².